The lowest BCUT2D eigenvalue weighted by molar-refractivity contribution is 0.0222. The van der Waals surface area contributed by atoms with Crippen LogP contribution < -0.4 is 0 Å². The molecule has 0 spiro atoms. The van der Waals surface area contributed by atoms with Gasteiger partial charge < -0.3 is 9.64 Å². The number of carbonyl (C=O) groups is 1. The number of amides is 1. The minimum absolute atomic E-state index is 0.297. The molecule has 0 fully saturated rings. The molecule has 32 heavy (non-hydrogen) atoms. The van der Waals surface area contributed by atoms with E-state index in [-0.39, 0.29) is 6.09 Å². The Morgan fingerprint density at radius 2 is 1.66 bits per heavy atom. The Kier molecular flexibility index (Phi) is 6.28. The minimum atomic E-state index is -0.506. The minimum Gasteiger partial charge on any atom is -0.444 e. The molecule has 4 rings (SSSR count). The first-order chi connectivity index (χ1) is 15.3. The number of carbonyl (C=O) groups excluding carboxylic acids is 1. The summed E-state index contributed by atoms with van der Waals surface area (Å²) in [6.07, 6.45) is 6.33. The summed E-state index contributed by atoms with van der Waals surface area (Å²) in [6, 6.07) is 15.9. The molecule has 1 aliphatic rings. The average Bonchev–Trinajstić information content (AvgIpc) is 2.77. The fraction of sp³-hybridized carbons (Fsp3) is 0.269. The molecule has 5 nitrogen and oxygen atoms in total. The standard InChI is InChI=1S/C26H26ClN3O2/c1-26(2,3)32-25(31)30-15-14-23-21(17-30)16-28-24(29-23)20-10-6-18(7-11-20)4-5-19-8-12-22(27)13-9-19/h4-13,16H,14-15,17H2,1-3H3/b5-4+. The van der Waals surface area contributed by atoms with Crippen LogP contribution >= 0.6 is 11.6 Å². The highest BCUT2D eigenvalue weighted by atomic mass is 35.5. The van der Waals surface area contributed by atoms with E-state index in [1.54, 1.807) is 4.90 Å². The van der Waals surface area contributed by atoms with E-state index in [0.717, 1.165) is 33.0 Å². The summed E-state index contributed by atoms with van der Waals surface area (Å²) in [5.41, 5.74) is 4.60. The summed E-state index contributed by atoms with van der Waals surface area (Å²) < 4.78 is 5.48. The van der Waals surface area contributed by atoms with Crippen LogP contribution in [-0.4, -0.2) is 33.1 Å². The average molecular weight is 448 g/mol. The summed E-state index contributed by atoms with van der Waals surface area (Å²) in [6.45, 7) is 6.68. The van der Waals surface area contributed by atoms with Crippen molar-refractivity contribution >= 4 is 29.8 Å². The maximum Gasteiger partial charge on any atom is 0.410 e. The third-order valence-corrected chi connectivity index (χ3v) is 5.34. The highest BCUT2D eigenvalue weighted by Gasteiger charge is 2.26. The van der Waals surface area contributed by atoms with Crippen molar-refractivity contribution in [2.45, 2.75) is 39.3 Å². The molecule has 0 aliphatic carbocycles. The maximum absolute atomic E-state index is 12.4. The zero-order chi connectivity index (χ0) is 22.7. The Hall–Kier alpha value is -3.18. The molecule has 2 aromatic carbocycles. The van der Waals surface area contributed by atoms with E-state index in [2.05, 4.69) is 29.3 Å². The van der Waals surface area contributed by atoms with Crippen LogP contribution in [0.4, 0.5) is 4.79 Å². The first-order valence-electron chi connectivity index (χ1n) is 10.6. The smallest absolute Gasteiger partial charge is 0.410 e. The second-order valence-corrected chi connectivity index (χ2v) is 9.26. The van der Waals surface area contributed by atoms with E-state index in [4.69, 9.17) is 21.3 Å². The molecule has 0 radical (unpaired) electrons. The number of fused-ring (bicyclic) bond motifs is 1. The van der Waals surface area contributed by atoms with Crippen LogP contribution in [0.25, 0.3) is 23.5 Å². The van der Waals surface area contributed by atoms with Gasteiger partial charge in [-0.1, -0.05) is 60.2 Å². The van der Waals surface area contributed by atoms with Gasteiger partial charge in [0.2, 0.25) is 0 Å². The Morgan fingerprint density at radius 3 is 2.28 bits per heavy atom. The SMILES string of the molecule is CC(C)(C)OC(=O)N1CCc2nc(-c3ccc(/C=C/c4ccc(Cl)cc4)cc3)ncc2C1. The number of rotatable bonds is 3. The van der Waals surface area contributed by atoms with Crippen LogP contribution in [0, 0.1) is 0 Å². The predicted molar refractivity (Wildman–Crippen MR) is 128 cm³/mol. The topological polar surface area (TPSA) is 55.3 Å². The van der Waals surface area contributed by atoms with Crippen LogP contribution in [0.1, 0.15) is 43.2 Å². The molecule has 164 valence electrons. The van der Waals surface area contributed by atoms with E-state index >= 15 is 0 Å². The molecule has 0 saturated heterocycles. The number of ether oxygens (including phenoxy) is 1. The zero-order valence-corrected chi connectivity index (χ0v) is 19.3. The van der Waals surface area contributed by atoms with Gasteiger partial charge in [0.05, 0.1) is 12.2 Å². The number of hydrogen-bond donors (Lipinski definition) is 0. The molecule has 0 saturated carbocycles. The molecule has 1 amide bonds. The van der Waals surface area contributed by atoms with Gasteiger partial charge in [0.1, 0.15) is 5.60 Å². The number of aromatic nitrogens is 2. The van der Waals surface area contributed by atoms with Crippen LogP contribution in [0.2, 0.25) is 5.02 Å². The number of hydrogen-bond acceptors (Lipinski definition) is 4. The Labute approximate surface area is 193 Å². The van der Waals surface area contributed by atoms with Gasteiger partial charge in [0.15, 0.2) is 5.82 Å². The molecule has 2 heterocycles. The van der Waals surface area contributed by atoms with Crippen molar-refractivity contribution in [2.24, 2.45) is 0 Å². The number of nitrogens with zero attached hydrogens (tertiary/aromatic N) is 3. The van der Waals surface area contributed by atoms with Crippen LogP contribution in [-0.2, 0) is 17.7 Å². The van der Waals surface area contributed by atoms with E-state index in [1.165, 1.54) is 0 Å². The molecule has 0 unspecified atom stereocenters. The maximum atomic E-state index is 12.4. The van der Waals surface area contributed by atoms with Gasteiger partial charge in [-0.15, -0.1) is 0 Å². The summed E-state index contributed by atoms with van der Waals surface area (Å²) >= 11 is 5.93. The summed E-state index contributed by atoms with van der Waals surface area (Å²) in [4.78, 5) is 23.4. The van der Waals surface area contributed by atoms with Crippen molar-refractivity contribution in [1.29, 1.82) is 0 Å². The lowest BCUT2D eigenvalue weighted by atomic mass is 10.1. The molecule has 6 heteroatoms. The van der Waals surface area contributed by atoms with Crippen molar-refractivity contribution < 1.29 is 9.53 Å². The van der Waals surface area contributed by atoms with Crippen molar-refractivity contribution in [1.82, 2.24) is 14.9 Å². The summed E-state index contributed by atoms with van der Waals surface area (Å²) in [5, 5.41) is 0.731. The van der Waals surface area contributed by atoms with Gasteiger partial charge in [-0.2, -0.15) is 0 Å². The van der Waals surface area contributed by atoms with E-state index < -0.39 is 5.60 Å². The van der Waals surface area contributed by atoms with Gasteiger partial charge in [0, 0.05) is 35.3 Å². The largest absolute Gasteiger partial charge is 0.444 e. The van der Waals surface area contributed by atoms with E-state index in [0.29, 0.717) is 25.3 Å². The summed E-state index contributed by atoms with van der Waals surface area (Å²) in [7, 11) is 0. The van der Waals surface area contributed by atoms with E-state index in [1.807, 2.05) is 63.4 Å². The molecule has 3 aromatic rings. The highest BCUT2D eigenvalue weighted by molar-refractivity contribution is 6.30. The Bertz CT molecular complexity index is 1130. The monoisotopic (exact) mass is 447 g/mol. The van der Waals surface area contributed by atoms with Crippen molar-refractivity contribution in [3.8, 4) is 11.4 Å². The second kappa shape index (κ2) is 9.13. The van der Waals surface area contributed by atoms with Gasteiger partial charge >= 0.3 is 6.09 Å². The van der Waals surface area contributed by atoms with E-state index in [9.17, 15) is 4.79 Å². The molecule has 1 aliphatic heterocycles. The number of benzene rings is 2. The Morgan fingerprint density at radius 1 is 1.03 bits per heavy atom. The molecule has 0 bridgehead atoms. The van der Waals surface area contributed by atoms with Crippen molar-refractivity contribution in [2.75, 3.05) is 6.54 Å². The van der Waals surface area contributed by atoms with Crippen LogP contribution in [0.3, 0.4) is 0 Å². The van der Waals surface area contributed by atoms with Gasteiger partial charge in [-0.3, -0.25) is 0 Å². The van der Waals surface area contributed by atoms with Crippen molar-refractivity contribution in [3.63, 3.8) is 0 Å². The van der Waals surface area contributed by atoms with Gasteiger partial charge in [0.25, 0.3) is 0 Å². The fourth-order valence-electron chi connectivity index (χ4n) is 3.45. The normalized spacial score (nSPS) is 13.8. The first-order valence-corrected chi connectivity index (χ1v) is 11.0. The zero-order valence-electron chi connectivity index (χ0n) is 18.5. The summed E-state index contributed by atoms with van der Waals surface area (Å²) in [5.74, 6) is 0.697. The van der Waals surface area contributed by atoms with Gasteiger partial charge in [-0.05, 0) is 44.0 Å². The fourth-order valence-corrected chi connectivity index (χ4v) is 3.57. The Balaban J connectivity index is 1.44. The third-order valence-electron chi connectivity index (χ3n) is 5.09. The lowest BCUT2D eigenvalue weighted by Crippen LogP contribution is -2.40. The quantitative estimate of drug-likeness (QED) is 0.444. The number of halogens is 1. The first kappa shape index (κ1) is 22.0. The molecular formula is C26H26ClN3O2. The van der Waals surface area contributed by atoms with Crippen molar-refractivity contribution in [3.05, 3.63) is 82.1 Å². The second-order valence-electron chi connectivity index (χ2n) is 8.82. The predicted octanol–water partition coefficient (Wildman–Crippen LogP) is 6.26. The molecule has 0 N–H and O–H groups in total. The molecular weight excluding hydrogens is 422 g/mol. The van der Waals surface area contributed by atoms with Gasteiger partial charge in [-0.25, -0.2) is 14.8 Å². The van der Waals surface area contributed by atoms with Crippen LogP contribution in [0.15, 0.2) is 54.7 Å². The third kappa shape index (κ3) is 5.54. The lowest BCUT2D eigenvalue weighted by Gasteiger charge is -2.30. The van der Waals surface area contributed by atoms with Crippen LogP contribution in [0.5, 0.6) is 0 Å². The molecule has 1 aromatic heterocycles. The molecule has 0 atom stereocenters. The highest BCUT2D eigenvalue weighted by Crippen LogP contribution is 2.23.